The van der Waals surface area contributed by atoms with Gasteiger partial charge in [0.2, 0.25) is 5.91 Å². The third-order valence-corrected chi connectivity index (χ3v) is 4.71. The van der Waals surface area contributed by atoms with Crippen LogP contribution in [0.4, 0.5) is 0 Å². The lowest BCUT2D eigenvalue weighted by atomic mass is 10.00. The van der Waals surface area contributed by atoms with Crippen LogP contribution in [-0.4, -0.2) is 30.4 Å². The van der Waals surface area contributed by atoms with Gasteiger partial charge in [-0.1, -0.05) is 41.8 Å². The number of halogens is 2. The van der Waals surface area contributed by atoms with Crippen molar-refractivity contribution in [2.75, 3.05) is 13.6 Å². The zero-order valence-electron chi connectivity index (χ0n) is 11.7. The molecular formula is C15H20Cl2N2O. The van der Waals surface area contributed by atoms with Crippen LogP contribution in [0.25, 0.3) is 0 Å². The minimum absolute atomic E-state index is 0.0693. The third-order valence-electron chi connectivity index (χ3n) is 3.85. The summed E-state index contributed by atoms with van der Waals surface area (Å²) in [5.41, 5.74) is 0.851. The minimum atomic E-state index is 0.0693. The molecule has 1 saturated heterocycles. The van der Waals surface area contributed by atoms with E-state index in [2.05, 4.69) is 17.3 Å². The number of carbonyl (C=O) groups is 1. The number of nitrogens with zero attached hydrogens (tertiary/aromatic N) is 1. The van der Waals surface area contributed by atoms with Gasteiger partial charge < -0.3 is 10.2 Å². The van der Waals surface area contributed by atoms with Crippen LogP contribution in [0.1, 0.15) is 31.2 Å². The summed E-state index contributed by atoms with van der Waals surface area (Å²) in [6.45, 7) is 1.51. The third kappa shape index (κ3) is 4.11. The van der Waals surface area contributed by atoms with Gasteiger partial charge in [0.05, 0.1) is 10.0 Å². The molecule has 5 heteroatoms. The summed E-state index contributed by atoms with van der Waals surface area (Å²) in [6.07, 6.45) is 4.09. The Hall–Kier alpha value is -0.770. The van der Waals surface area contributed by atoms with E-state index < -0.39 is 0 Å². The van der Waals surface area contributed by atoms with Crippen molar-refractivity contribution in [3.63, 3.8) is 0 Å². The van der Waals surface area contributed by atoms with E-state index in [0.717, 1.165) is 18.5 Å². The predicted octanol–water partition coefficient (Wildman–Crippen LogP) is 3.48. The molecule has 1 aliphatic rings. The Balaban J connectivity index is 1.84. The normalized spacial score (nSPS) is 19.9. The Morgan fingerprint density at radius 1 is 1.40 bits per heavy atom. The second-order valence-electron chi connectivity index (χ2n) is 5.32. The average molecular weight is 315 g/mol. The molecule has 0 aliphatic carbocycles. The number of piperidine rings is 1. The summed E-state index contributed by atoms with van der Waals surface area (Å²) < 4.78 is 0. The fourth-order valence-electron chi connectivity index (χ4n) is 2.57. The topological polar surface area (TPSA) is 32.3 Å². The Bertz CT molecular complexity index is 479. The molecule has 0 unspecified atom stereocenters. The Morgan fingerprint density at radius 2 is 2.20 bits per heavy atom. The summed E-state index contributed by atoms with van der Waals surface area (Å²) >= 11 is 12.1. The highest BCUT2D eigenvalue weighted by atomic mass is 35.5. The maximum absolute atomic E-state index is 12.0. The van der Waals surface area contributed by atoms with Crippen LogP contribution in [0.5, 0.6) is 0 Å². The van der Waals surface area contributed by atoms with Crippen molar-refractivity contribution in [1.29, 1.82) is 0 Å². The maximum Gasteiger partial charge on any atom is 0.221 e. The summed E-state index contributed by atoms with van der Waals surface area (Å²) in [6, 6.07) is 5.82. The number of amides is 1. The highest BCUT2D eigenvalue weighted by molar-refractivity contribution is 6.42. The van der Waals surface area contributed by atoms with E-state index in [9.17, 15) is 4.79 Å². The smallest absolute Gasteiger partial charge is 0.221 e. The average Bonchev–Trinajstić information content (AvgIpc) is 2.43. The van der Waals surface area contributed by atoms with Crippen molar-refractivity contribution in [1.82, 2.24) is 10.2 Å². The van der Waals surface area contributed by atoms with Gasteiger partial charge in [-0.2, -0.15) is 0 Å². The summed E-state index contributed by atoms with van der Waals surface area (Å²) in [7, 11) is 2.09. The standard InChI is InChI=1S/C15H20Cl2N2O/c1-19-8-3-2-6-12(19)9-14(20)18-10-11-5-4-7-13(16)15(11)17/h4-5,7,12H,2-3,6,8-10H2,1H3,(H,18,20)/t12-/m1/s1. The first kappa shape index (κ1) is 15.6. The van der Waals surface area contributed by atoms with Crippen LogP contribution in [0.15, 0.2) is 18.2 Å². The van der Waals surface area contributed by atoms with Crippen molar-refractivity contribution in [3.8, 4) is 0 Å². The number of nitrogens with one attached hydrogen (secondary N) is 1. The molecule has 1 amide bonds. The van der Waals surface area contributed by atoms with Gasteiger partial charge in [-0.15, -0.1) is 0 Å². The largest absolute Gasteiger partial charge is 0.352 e. The highest BCUT2D eigenvalue weighted by Crippen LogP contribution is 2.25. The molecule has 1 aromatic rings. The monoisotopic (exact) mass is 314 g/mol. The van der Waals surface area contributed by atoms with Crippen LogP contribution in [0, 0.1) is 0 Å². The molecule has 1 aliphatic heterocycles. The molecule has 0 radical (unpaired) electrons. The van der Waals surface area contributed by atoms with Crippen LogP contribution in [-0.2, 0) is 11.3 Å². The molecule has 1 aromatic carbocycles. The van der Waals surface area contributed by atoms with Crippen LogP contribution in [0.2, 0.25) is 10.0 Å². The zero-order valence-corrected chi connectivity index (χ0v) is 13.2. The summed E-state index contributed by atoms with van der Waals surface area (Å²) in [5, 5.41) is 3.96. The van der Waals surface area contributed by atoms with Gasteiger partial charge in [-0.05, 0) is 38.1 Å². The molecule has 0 spiro atoms. The summed E-state index contributed by atoms with van der Waals surface area (Å²) in [5.74, 6) is 0.0693. The summed E-state index contributed by atoms with van der Waals surface area (Å²) in [4.78, 5) is 14.3. The lowest BCUT2D eigenvalue weighted by Gasteiger charge is -2.31. The van der Waals surface area contributed by atoms with Gasteiger partial charge in [0, 0.05) is 19.0 Å². The first-order chi connectivity index (χ1) is 9.58. The molecule has 110 valence electrons. The lowest BCUT2D eigenvalue weighted by molar-refractivity contribution is -0.122. The molecular weight excluding hydrogens is 295 g/mol. The van der Waals surface area contributed by atoms with Gasteiger partial charge in [0.1, 0.15) is 0 Å². The quantitative estimate of drug-likeness (QED) is 0.922. The fourth-order valence-corrected chi connectivity index (χ4v) is 2.95. The van der Waals surface area contributed by atoms with Gasteiger partial charge in [0.15, 0.2) is 0 Å². The Labute approximate surface area is 130 Å². The van der Waals surface area contributed by atoms with Crippen LogP contribution < -0.4 is 5.32 Å². The number of likely N-dealkylation sites (tertiary alicyclic amines) is 1. The number of hydrogen-bond donors (Lipinski definition) is 1. The Morgan fingerprint density at radius 3 is 2.95 bits per heavy atom. The molecule has 1 fully saturated rings. The van der Waals surface area contributed by atoms with Crippen molar-refractivity contribution >= 4 is 29.1 Å². The number of rotatable bonds is 4. The zero-order chi connectivity index (χ0) is 14.5. The molecule has 3 nitrogen and oxygen atoms in total. The lowest BCUT2D eigenvalue weighted by Crippen LogP contribution is -2.40. The number of hydrogen-bond acceptors (Lipinski definition) is 2. The molecule has 1 heterocycles. The van der Waals surface area contributed by atoms with E-state index in [1.165, 1.54) is 12.8 Å². The van der Waals surface area contributed by atoms with Crippen LogP contribution in [0.3, 0.4) is 0 Å². The maximum atomic E-state index is 12.0. The van der Waals surface area contributed by atoms with Gasteiger partial charge in [-0.3, -0.25) is 4.79 Å². The van der Waals surface area contributed by atoms with E-state index in [0.29, 0.717) is 29.1 Å². The SMILES string of the molecule is CN1CCCC[C@@H]1CC(=O)NCc1cccc(Cl)c1Cl. The molecule has 0 bridgehead atoms. The minimum Gasteiger partial charge on any atom is -0.352 e. The molecule has 0 saturated carbocycles. The van der Waals surface area contributed by atoms with Crippen molar-refractivity contribution in [2.24, 2.45) is 0 Å². The van der Waals surface area contributed by atoms with Gasteiger partial charge in [-0.25, -0.2) is 0 Å². The fraction of sp³-hybridized carbons (Fsp3) is 0.533. The molecule has 1 N–H and O–H groups in total. The molecule has 0 aromatic heterocycles. The van der Waals surface area contributed by atoms with E-state index in [1.54, 1.807) is 6.07 Å². The van der Waals surface area contributed by atoms with Gasteiger partial charge in [0.25, 0.3) is 0 Å². The number of benzene rings is 1. The first-order valence-electron chi connectivity index (χ1n) is 6.97. The molecule has 1 atom stereocenters. The van der Waals surface area contributed by atoms with Crippen molar-refractivity contribution < 1.29 is 4.79 Å². The van der Waals surface area contributed by atoms with E-state index in [1.807, 2.05) is 12.1 Å². The molecule has 20 heavy (non-hydrogen) atoms. The van der Waals surface area contributed by atoms with E-state index in [4.69, 9.17) is 23.2 Å². The predicted molar refractivity (Wildman–Crippen MR) is 83.2 cm³/mol. The van der Waals surface area contributed by atoms with Gasteiger partial charge >= 0.3 is 0 Å². The second kappa shape index (κ2) is 7.30. The van der Waals surface area contributed by atoms with Crippen molar-refractivity contribution in [3.05, 3.63) is 33.8 Å². The first-order valence-corrected chi connectivity index (χ1v) is 7.73. The Kier molecular flexibility index (Phi) is 5.70. The van der Waals surface area contributed by atoms with E-state index in [-0.39, 0.29) is 5.91 Å². The highest BCUT2D eigenvalue weighted by Gasteiger charge is 2.21. The second-order valence-corrected chi connectivity index (χ2v) is 6.11. The number of carbonyl (C=O) groups excluding carboxylic acids is 1. The van der Waals surface area contributed by atoms with Crippen LogP contribution >= 0.6 is 23.2 Å². The van der Waals surface area contributed by atoms with E-state index >= 15 is 0 Å². The molecule has 2 rings (SSSR count). The van der Waals surface area contributed by atoms with Crippen molar-refractivity contribution in [2.45, 2.75) is 38.3 Å².